The SMILES string of the molecule is O=C(c1ccccc1)c1ccccc1OC(C(=O)O)c1ccsc1. The zero-order valence-corrected chi connectivity index (χ0v) is 13.4. The number of para-hydroxylation sites is 1. The molecule has 0 aliphatic heterocycles. The van der Waals surface area contributed by atoms with Crippen molar-refractivity contribution >= 4 is 23.1 Å². The number of ether oxygens (including phenoxy) is 1. The lowest BCUT2D eigenvalue weighted by molar-refractivity contribution is -0.145. The van der Waals surface area contributed by atoms with Crippen molar-refractivity contribution in [3.05, 3.63) is 88.1 Å². The normalized spacial score (nSPS) is 11.7. The van der Waals surface area contributed by atoms with Crippen LogP contribution in [0.1, 0.15) is 27.6 Å². The molecular formula is C19H14O4S. The fourth-order valence-corrected chi connectivity index (χ4v) is 2.99. The molecule has 0 fully saturated rings. The summed E-state index contributed by atoms with van der Waals surface area (Å²) in [6.07, 6.45) is -1.15. The Labute approximate surface area is 143 Å². The number of carbonyl (C=O) groups is 2. The van der Waals surface area contributed by atoms with E-state index in [9.17, 15) is 14.7 Å². The molecule has 2 aromatic carbocycles. The fraction of sp³-hybridized carbons (Fsp3) is 0.0526. The number of hydrogen-bond acceptors (Lipinski definition) is 4. The average molecular weight is 338 g/mol. The number of carbonyl (C=O) groups excluding carboxylic acids is 1. The first-order valence-electron chi connectivity index (χ1n) is 7.27. The molecule has 1 aromatic heterocycles. The zero-order chi connectivity index (χ0) is 16.9. The Morgan fingerprint density at radius 1 is 0.958 bits per heavy atom. The molecule has 24 heavy (non-hydrogen) atoms. The number of benzene rings is 2. The maximum absolute atomic E-state index is 12.7. The minimum absolute atomic E-state index is 0.208. The van der Waals surface area contributed by atoms with E-state index in [4.69, 9.17) is 4.74 Å². The number of thiophene rings is 1. The van der Waals surface area contributed by atoms with Crippen molar-refractivity contribution in [1.82, 2.24) is 0 Å². The largest absolute Gasteiger partial charge is 0.478 e. The summed E-state index contributed by atoms with van der Waals surface area (Å²) in [6, 6.07) is 17.2. The second kappa shape index (κ2) is 7.10. The topological polar surface area (TPSA) is 63.6 Å². The lowest BCUT2D eigenvalue weighted by atomic mass is 10.0. The first-order chi connectivity index (χ1) is 11.7. The summed E-state index contributed by atoms with van der Waals surface area (Å²) in [5.74, 6) is -1.05. The highest BCUT2D eigenvalue weighted by Crippen LogP contribution is 2.28. The van der Waals surface area contributed by atoms with Gasteiger partial charge in [-0.05, 0) is 29.0 Å². The van der Waals surface area contributed by atoms with Crippen molar-refractivity contribution in [3.63, 3.8) is 0 Å². The molecule has 0 aliphatic carbocycles. The Balaban J connectivity index is 1.95. The van der Waals surface area contributed by atoms with Crippen molar-refractivity contribution in [2.75, 3.05) is 0 Å². The molecule has 0 radical (unpaired) electrons. The lowest BCUT2D eigenvalue weighted by Crippen LogP contribution is -2.19. The van der Waals surface area contributed by atoms with Gasteiger partial charge in [-0.25, -0.2) is 4.79 Å². The van der Waals surface area contributed by atoms with Crippen LogP contribution >= 0.6 is 11.3 Å². The van der Waals surface area contributed by atoms with Crippen molar-refractivity contribution in [2.45, 2.75) is 6.10 Å². The van der Waals surface area contributed by atoms with Crippen LogP contribution < -0.4 is 4.74 Å². The highest BCUT2D eigenvalue weighted by atomic mass is 32.1. The summed E-state index contributed by atoms with van der Waals surface area (Å²) in [5.41, 5.74) is 1.41. The standard InChI is InChI=1S/C19H14O4S/c20-17(13-6-2-1-3-7-13)15-8-4-5-9-16(15)23-18(19(21)22)14-10-11-24-12-14/h1-12,18H,(H,21,22). The van der Waals surface area contributed by atoms with Crippen molar-refractivity contribution in [3.8, 4) is 5.75 Å². The molecule has 1 atom stereocenters. The molecule has 0 amide bonds. The smallest absolute Gasteiger partial charge is 0.349 e. The maximum atomic E-state index is 12.7. The first kappa shape index (κ1) is 16.0. The first-order valence-corrected chi connectivity index (χ1v) is 8.21. The van der Waals surface area contributed by atoms with Gasteiger partial charge in [0.1, 0.15) is 5.75 Å². The lowest BCUT2D eigenvalue weighted by Gasteiger charge is -2.16. The van der Waals surface area contributed by atoms with Gasteiger partial charge in [-0.1, -0.05) is 42.5 Å². The molecule has 1 heterocycles. The highest BCUT2D eigenvalue weighted by molar-refractivity contribution is 7.08. The van der Waals surface area contributed by atoms with Crippen LogP contribution in [0.3, 0.4) is 0 Å². The third-order valence-electron chi connectivity index (χ3n) is 3.48. The van der Waals surface area contributed by atoms with Gasteiger partial charge in [0.2, 0.25) is 6.10 Å². The maximum Gasteiger partial charge on any atom is 0.349 e. The molecule has 0 saturated heterocycles. The second-order valence-corrected chi connectivity index (χ2v) is 5.86. The number of carboxylic acid groups (broad SMARTS) is 1. The van der Waals surface area contributed by atoms with Gasteiger partial charge in [0, 0.05) is 11.1 Å². The molecule has 120 valence electrons. The van der Waals surface area contributed by atoms with Gasteiger partial charge in [-0.2, -0.15) is 11.3 Å². The van der Waals surface area contributed by atoms with Crippen LogP contribution in [-0.2, 0) is 4.79 Å². The molecule has 1 unspecified atom stereocenters. The van der Waals surface area contributed by atoms with Crippen LogP contribution in [0.15, 0.2) is 71.4 Å². The van der Waals surface area contributed by atoms with E-state index in [2.05, 4.69) is 0 Å². The molecule has 4 nitrogen and oxygen atoms in total. The van der Waals surface area contributed by atoms with E-state index in [0.29, 0.717) is 16.7 Å². The average Bonchev–Trinajstić information content (AvgIpc) is 3.14. The van der Waals surface area contributed by atoms with E-state index in [0.717, 1.165) is 0 Å². The second-order valence-electron chi connectivity index (χ2n) is 5.08. The Hall–Kier alpha value is -2.92. The van der Waals surface area contributed by atoms with E-state index < -0.39 is 12.1 Å². The van der Waals surface area contributed by atoms with Gasteiger partial charge in [0.15, 0.2) is 5.78 Å². The van der Waals surface area contributed by atoms with Crippen LogP contribution in [-0.4, -0.2) is 16.9 Å². The Bertz CT molecular complexity index is 841. The molecule has 3 aromatic rings. The van der Waals surface area contributed by atoms with Crippen molar-refractivity contribution in [1.29, 1.82) is 0 Å². The molecule has 5 heteroatoms. The highest BCUT2D eigenvalue weighted by Gasteiger charge is 2.24. The van der Waals surface area contributed by atoms with Gasteiger partial charge < -0.3 is 9.84 Å². The van der Waals surface area contributed by atoms with E-state index in [1.807, 2.05) is 6.07 Å². The third kappa shape index (κ3) is 3.36. The van der Waals surface area contributed by atoms with E-state index in [1.165, 1.54) is 11.3 Å². The summed E-state index contributed by atoms with van der Waals surface area (Å²) in [4.78, 5) is 24.2. The van der Waals surface area contributed by atoms with Crippen LogP contribution in [0.2, 0.25) is 0 Å². The quantitative estimate of drug-likeness (QED) is 0.685. The minimum atomic E-state index is -1.15. The summed E-state index contributed by atoms with van der Waals surface area (Å²) in [5, 5.41) is 13.0. The van der Waals surface area contributed by atoms with Gasteiger partial charge >= 0.3 is 5.97 Å². The Morgan fingerprint density at radius 3 is 2.33 bits per heavy atom. The molecule has 1 N–H and O–H groups in total. The van der Waals surface area contributed by atoms with Crippen molar-refractivity contribution in [2.24, 2.45) is 0 Å². The molecular weight excluding hydrogens is 324 g/mol. The van der Waals surface area contributed by atoms with E-state index in [1.54, 1.807) is 65.4 Å². The molecule has 0 aliphatic rings. The van der Waals surface area contributed by atoms with Gasteiger partial charge in [-0.15, -0.1) is 0 Å². The predicted molar refractivity (Wildman–Crippen MR) is 91.6 cm³/mol. The van der Waals surface area contributed by atoms with E-state index >= 15 is 0 Å². The van der Waals surface area contributed by atoms with Crippen molar-refractivity contribution < 1.29 is 19.4 Å². The predicted octanol–water partition coefficient (Wildman–Crippen LogP) is 4.18. The molecule has 0 spiro atoms. The Kier molecular flexibility index (Phi) is 4.72. The Morgan fingerprint density at radius 2 is 1.67 bits per heavy atom. The minimum Gasteiger partial charge on any atom is -0.478 e. The summed E-state index contributed by atoms with van der Waals surface area (Å²) in [7, 11) is 0. The van der Waals surface area contributed by atoms with Crippen LogP contribution in [0.25, 0.3) is 0 Å². The third-order valence-corrected chi connectivity index (χ3v) is 4.18. The summed E-state index contributed by atoms with van der Waals surface area (Å²) >= 11 is 1.39. The summed E-state index contributed by atoms with van der Waals surface area (Å²) in [6.45, 7) is 0. The van der Waals surface area contributed by atoms with Gasteiger partial charge in [0.05, 0.1) is 5.56 Å². The van der Waals surface area contributed by atoms with Crippen LogP contribution in [0.4, 0.5) is 0 Å². The van der Waals surface area contributed by atoms with Gasteiger partial charge in [0.25, 0.3) is 0 Å². The molecule has 3 rings (SSSR count). The zero-order valence-electron chi connectivity index (χ0n) is 12.6. The summed E-state index contributed by atoms with van der Waals surface area (Å²) < 4.78 is 5.68. The number of aliphatic carboxylic acids is 1. The van der Waals surface area contributed by atoms with Crippen LogP contribution in [0, 0.1) is 0 Å². The number of hydrogen-bond donors (Lipinski definition) is 1. The number of rotatable bonds is 6. The number of ketones is 1. The monoisotopic (exact) mass is 338 g/mol. The number of carboxylic acids is 1. The van der Waals surface area contributed by atoms with Gasteiger partial charge in [-0.3, -0.25) is 4.79 Å². The van der Waals surface area contributed by atoms with Crippen LogP contribution in [0.5, 0.6) is 5.75 Å². The molecule has 0 bridgehead atoms. The molecule has 0 saturated carbocycles. The fourth-order valence-electron chi connectivity index (χ4n) is 2.31. The van der Waals surface area contributed by atoms with E-state index in [-0.39, 0.29) is 11.5 Å².